The number of cyclic esters (lactones) is 1. The van der Waals surface area contributed by atoms with Crippen LogP contribution in [0.5, 0.6) is 0 Å². The smallest absolute Gasteiger partial charge is 0.309 e. The summed E-state index contributed by atoms with van der Waals surface area (Å²) in [5, 5.41) is 0. The van der Waals surface area contributed by atoms with Gasteiger partial charge in [-0.15, -0.1) is 0 Å². The highest BCUT2D eigenvalue weighted by atomic mass is 19.3. The molecule has 0 amide bonds. The number of hydrogen-bond donors (Lipinski definition) is 0. The molecule has 4 unspecified atom stereocenters. The minimum absolute atomic E-state index is 0.00266. The zero-order chi connectivity index (χ0) is 10.5. The summed E-state index contributed by atoms with van der Waals surface area (Å²) >= 11 is 0. The van der Waals surface area contributed by atoms with Crippen LogP contribution in [0, 0.1) is 17.8 Å². The molecule has 1 aliphatic heterocycles. The van der Waals surface area contributed by atoms with Crippen LogP contribution in [0.25, 0.3) is 0 Å². The van der Waals surface area contributed by atoms with Crippen molar-refractivity contribution < 1.29 is 18.3 Å². The van der Waals surface area contributed by atoms with Gasteiger partial charge >= 0.3 is 5.97 Å². The van der Waals surface area contributed by atoms with Gasteiger partial charge in [0.25, 0.3) is 5.92 Å². The van der Waals surface area contributed by atoms with E-state index < -0.39 is 23.7 Å². The van der Waals surface area contributed by atoms with Gasteiger partial charge in [-0.25, -0.2) is 8.78 Å². The van der Waals surface area contributed by atoms with Crippen molar-refractivity contribution in [3.63, 3.8) is 0 Å². The number of hydrogen-bond acceptors (Lipinski definition) is 2. The molecule has 1 saturated heterocycles. The first kappa shape index (κ1) is 9.87. The predicted octanol–water partition coefficient (Wildman–Crippen LogP) is 2.23. The van der Waals surface area contributed by atoms with Crippen LogP contribution in [0.2, 0.25) is 0 Å². The predicted molar refractivity (Wildman–Crippen MR) is 45.9 cm³/mol. The van der Waals surface area contributed by atoms with Crippen molar-refractivity contribution in [3.05, 3.63) is 0 Å². The molecule has 0 radical (unpaired) electrons. The maximum Gasteiger partial charge on any atom is 0.309 e. The van der Waals surface area contributed by atoms with Gasteiger partial charge < -0.3 is 4.74 Å². The van der Waals surface area contributed by atoms with Crippen LogP contribution in [0.15, 0.2) is 0 Å². The Labute approximate surface area is 81.6 Å². The highest BCUT2D eigenvalue weighted by molar-refractivity contribution is 5.75. The second kappa shape index (κ2) is 2.91. The van der Waals surface area contributed by atoms with Gasteiger partial charge in [-0.1, -0.05) is 6.92 Å². The van der Waals surface area contributed by atoms with Gasteiger partial charge in [-0.3, -0.25) is 4.79 Å². The molecular formula is C10H14F2O2. The molecule has 2 fully saturated rings. The molecular weight excluding hydrogens is 190 g/mol. The monoisotopic (exact) mass is 204 g/mol. The third-order valence-corrected chi connectivity index (χ3v) is 3.56. The number of halogens is 2. The third kappa shape index (κ3) is 1.31. The fraction of sp³-hybridized carbons (Fsp3) is 0.900. The van der Waals surface area contributed by atoms with Crippen molar-refractivity contribution in [3.8, 4) is 0 Å². The Morgan fingerprint density at radius 2 is 2.07 bits per heavy atom. The van der Waals surface area contributed by atoms with Gasteiger partial charge in [0.1, 0.15) is 6.10 Å². The molecule has 0 aromatic heterocycles. The average molecular weight is 204 g/mol. The summed E-state index contributed by atoms with van der Waals surface area (Å²) in [7, 11) is 0. The maximum atomic E-state index is 13.3. The number of rotatable bonds is 0. The van der Waals surface area contributed by atoms with Gasteiger partial charge in [0, 0.05) is 18.3 Å². The van der Waals surface area contributed by atoms with Crippen LogP contribution in [0.3, 0.4) is 0 Å². The first-order valence-electron chi connectivity index (χ1n) is 5.00. The lowest BCUT2D eigenvalue weighted by Gasteiger charge is -2.35. The molecule has 1 aliphatic carbocycles. The lowest BCUT2D eigenvalue weighted by atomic mass is 9.72. The Morgan fingerprint density at radius 3 is 2.71 bits per heavy atom. The number of carbonyl (C=O) groups is 1. The zero-order valence-corrected chi connectivity index (χ0v) is 8.30. The van der Waals surface area contributed by atoms with Crippen LogP contribution < -0.4 is 0 Å². The Kier molecular flexibility index (Phi) is 2.05. The summed E-state index contributed by atoms with van der Waals surface area (Å²) < 4.78 is 31.6. The fourth-order valence-corrected chi connectivity index (χ4v) is 2.53. The first-order chi connectivity index (χ1) is 6.42. The van der Waals surface area contributed by atoms with Crippen LogP contribution in [-0.4, -0.2) is 18.0 Å². The largest absolute Gasteiger partial charge is 0.462 e. The summed E-state index contributed by atoms with van der Waals surface area (Å²) in [6, 6.07) is 0. The van der Waals surface area contributed by atoms with Crippen molar-refractivity contribution >= 4 is 5.97 Å². The summed E-state index contributed by atoms with van der Waals surface area (Å²) in [4.78, 5) is 11.3. The molecule has 0 bridgehead atoms. The van der Waals surface area contributed by atoms with Gasteiger partial charge in [-0.05, 0) is 13.3 Å². The lowest BCUT2D eigenvalue weighted by Crippen LogP contribution is -2.40. The Morgan fingerprint density at radius 1 is 1.43 bits per heavy atom. The van der Waals surface area contributed by atoms with Gasteiger partial charge in [-0.2, -0.15) is 0 Å². The number of fused-ring (bicyclic) bond motifs is 1. The molecule has 4 heteroatoms. The lowest BCUT2D eigenvalue weighted by molar-refractivity contribution is -0.149. The minimum Gasteiger partial charge on any atom is -0.462 e. The molecule has 2 aliphatic rings. The second-order valence-electron chi connectivity index (χ2n) is 4.51. The normalized spacial score (nSPS) is 45.9. The van der Waals surface area contributed by atoms with E-state index in [-0.39, 0.29) is 18.4 Å². The molecule has 14 heavy (non-hydrogen) atoms. The van der Waals surface area contributed by atoms with E-state index in [2.05, 4.69) is 0 Å². The average Bonchev–Trinajstić information content (AvgIpc) is 2.30. The molecule has 80 valence electrons. The summed E-state index contributed by atoms with van der Waals surface area (Å²) in [5.74, 6) is -4.35. The van der Waals surface area contributed by atoms with E-state index in [4.69, 9.17) is 4.74 Å². The van der Waals surface area contributed by atoms with Gasteiger partial charge in [0.15, 0.2) is 0 Å². The van der Waals surface area contributed by atoms with E-state index in [9.17, 15) is 13.6 Å². The molecule has 0 aromatic rings. The molecule has 4 atom stereocenters. The van der Waals surface area contributed by atoms with Crippen molar-refractivity contribution in [1.82, 2.24) is 0 Å². The Hall–Kier alpha value is -0.670. The van der Waals surface area contributed by atoms with Crippen molar-refractivity contribution in [2.75, 3.05) is 0 Å². The highest BCUT2D eigenvalue weighted by Gasteiger charge is 2.54. The van der Waals surface area contributed by atoms with Crippen LogP contribution in [-0.2, 0) is 9.53 Å². The zero-order valence-electron chi connectivity index (χ0n) is 8.30. The quantitative estimate of drug-likeness (QED) is 0.565. The van der Waals surface area contributed by atoms with E-state index in [1.165, 1.54) is 0 Å². The van der Waals surface area contributed by atoms with Crippen LogP contribution in [0.1, 0.15) is 26.7 Å². The number of alkyl halides is 2. The van der Waals surface area contributed by atoms with Crippen molar-refractivity contribution in [2.45, 2.75) is 38.7 Å². The fourth-order valence-electron chi connectivity index (χ4n) is 2.53. The topological polar surface area (TPSA) is 26.3 Å². The summed E-state index contributed by atoms with van der Waals surface area (Å²) in [6.45, 7) is 3.34. The first-order valence-corrected chi connectivity index (χ1v) is 5.00. The molecule has 0 N–H and O–H groups in total. The van der Waals surface area contributed by atoms with E-state index >= 15 is 0 Å². The Balaban J connectivity index is 2.20. The molecule has 0 spiro atoms. The van der Waals surface area contributed by atoms with E-state index in [1.54, 1.807) is 13.8 Å². The van der Waals surface area contributed by atoms with E-state index in [0.29, 0.717) is 6.42 Å². The van der Waals surface area contributed by atoms with Crippen LogP contribution >= 0.6 is 0 Å². The van der Waals surface area contributed by atoms with Crippen molar-refractivity contribution in [2.24, 2.45) is 17.8 Å². The SMILES string of the molecule is CC1OC(=O)C2CC(F)(F)C(C)CC12. The van der Waals surface area contributed by atoms with Crippen molar-refractivity contribution in [1.29, 1.82) is 0 Å². The van der Waals surface area contributed by atoms with Crippen LogP contribution in [0.4, 0.5) is 8.78 Å². The maximum absolute atomic E-state index is 13.3. The standard InChI is InChI=1S/C10H14F2O2/c1-5-3-7-6(2)14-9(13)8(7)4-10(5,11)12/h5-8H,3-4H2,1-2H3. The third-order valence-electron chi connectivity index (χ3n) is 3.56. The van der Waals surface area contributed by atoms with Gasteiger partial charge in [0.2, 0.25) is 0 Å². The molecule has 2 rings (SSSR count). The van der Waals surface area contributed by atoms with E-state index in [1.807, 2.05) is 0 Å². The summed E-state index contributed by atoms with van der Waals surface area (Å²) in [5.41, 5.74) is 0. The molecule has 2 nitrogen and oxygen atoms in total. The Bertz CT molecular complexity index is 265. The minimum atomic E-state index is -2.70. The number of esters is 1. The second-order valence-corrected chi connectivity index (χ2v) is 4.51. The molecule has 1 saturated carbocycles. The number of ether oxygens (including phenoxy) is 1. The highest BCUT2D eigenvalue weighted by Crippen LogP contribution is 2.48. The van der Waals surface area contributed by atoms with E-state index in [0.717, 1.165) is 0 Å². The van der Waals surface area contributed by atoms with Gasteiger partial charge in [0.05, 0.1) is 5.92 Å². The number of carbonyl (C=O) groups excluding carboxylic acids is 1. The molecule has 1 heterocycles. The summed E-state index contributed by atoms with van der Waals surface area (Å²) in [6.07, 6.45) is -0.127. The molecule has 0 aromatic carbocycles.